The Balaban J connectivity index is 1.64. The van der Waals surface area contributed by atoms with Crippen LogP contribution in [0.15, 0.2) is 70.2 Å². The first-order chi connectivity index (χ1) is 16.0. The summed E-state index contributed by atoms with van der Waals surface area (Å²) in [6.45, 7) is 3.65. The summed E-state index contributed by atoms with van der Waals surface area (Å²) in [5, 5.41) is 8.29. The second kappa shape index (κ2) is 9.66. The van der Waals surface area contributed by atoms with E-state index in [-0.39, 0.29) is 23.7 Å². The first-order valence-corrected chi connectivity index (χ1v) is 11.1. The van der Waals surface area contributed by atoms with Crippen molar-refractivity contribution >= 4 is 40.4 Å². The molecule has 0 saturated heterocycles. The molecule has 0 radical (unpaired) electrons. The van der Waals surface area contributed by atoms with E-state index in [1.807, 2.05) is 42.5 Å². The molecule has 2 aromatic carbocycles. The minimum Gasteiger partial charge on any atom is -0.497 e. The fraction of sp³-hybridized carbons (Fsp3) is 0.167. The molecule has 0 atom stereocenters. The third-order valence-electron chi connectivity index (χ3n) is 4.86. The zero-order valence-electron chi connectivity index (χ0n) is 18.3. The van der Waals surface area contributed by atoms with Crippen molar-refractivity contribution in [2.24, 2.45) is 4.99 Å². The fourth-order valence-corrected chi connectivity index (χ4v) is 4.06. The number of nitrogens with one attached hydrogen (secondary N) is 2. The summed E-state index contributed by atoms with van der Waals surface area (Å²) in [6, 6.07) is 14.7. The average Bonchev–Trinajstić information content (AvgIpc) is 3.26. The molecule has 8 nitrogen and oxygen atoms in total. The van der Waals surface area contributed by atoms with Crippen LogP contribution in [0.5, 0.6) is 5.75 Å². The average molecular weight is 463 g/mol. The van der Waals surface area contributed by atoms with Crippen molar-refractivity contribution in [3.8, 4) is 16.3 Å². The summed E-state index contributed by atoms with van der Waals surface area (Å²) in [4.78, 5) is 34.8. The van der Waals surface area contributed by atoms with Gasteiger partial charge < -0.3 is 20.1 Å². The highest BCUT2D eigenvalue weighted by Gasteiger charge is 2.27. The maximum absolute atomic E-state index is 13.1. The highest BCUT2D eigenvalue weighted by atomic mass is 32.1. The molecule has 33 heavy (non-hydrogen) atoms. The number of aliphatic imine (C=N–C) groups is 1. The molecule has 0 fully saturated rings. The number of carbonyl (C=O) groups is 2. The van der Waals surface area contributed by atoms with Crippen LogP contribution in [0.3, 0.4) is 0 Å². The lowest BCUT2D eigenvalue weighted by Crippen LogP contribution is -2.35. The van der Waals surface area contributed by atoms with Gasteiger partial charge in [-0.05, 0) is 50.2 Å². The van der Waals surface area contributed by atoms with Gasteiger partial charge in [0.25, 0.3) is 5.91 Å². The molecule has 2 heterocycles. The number of methoxy groups -OCH3 is 1. The van der Waals surface area contributed by atoms with E-state index in [1.54, 1.807) is 32.4 Å². The third kappa shape index (κ3) is 4.78. The normalized spacial score (nSPS) is 12.8. The van der Waals surface area contributed by atoms with Gasteiger partial charge in [0.1, 0.15) is 27.9 Å². The zero-order chi connectivity index (χ0) is 23.4. The quantitative estimate of drug-likeness (QED) is 0.540. The number of amidine groups is 1. The van der Waals surface area contributed by atoms with Crippen molar-refractivity contribution in [2.75, 3.05) is 19.0 Å². The Hall–Kier alpha value is -3.98. The summed E-state index contributed by atoms with van der Waals surface area (Å²) < 4.78 is 10.4. The van der Waals surface area contributed by atoms with E-state index in [1.165, 1.54) is 11.3 Å². The molecule has 0 spiro atoms. The molecule has 2 N–H and O–H groups in total. The van der Waals surface area contributed by atoms with Crippen LogP contribution in [0.2, 0.25) is 0 Å². The van der Waals surface area contributed by atoms with E-state index in [0.29, 0.717) is 16.4 Å². The summed E-state index contributed by atoms with van der Waals surface area (Å²) >= 11 is 1.35. The van der Waals surface area contributed by atoms with Gasteiger partial charge in [-0.2, -0.15) is 0 Å². The van der Waals surface area contributed by atoms with Gasteiger partial charge in [0.2, 0.25) is 0 Å². The number of benzene rings is 2. The predicted octanol–water partition coefficient (Wildman–Crippen LogP) is 4.54. The van der Waals surface area contributed by atoms with E-state index >= 15 is 0 Å². The monoisotopic (exact) mass is 462 g/mol. The number of hydrogen-bond donors (Lipinski definition) is 2. The van der Waals surface area contributed by atoms with Gasteiger partial charge in [-0.25, -0.2) is 14.8 Å². The molecule has 0 saturated carbocycles. The molecule has 3 aromatic rings. The van der Waals surface area contributed by atoms with Gasteiger partial charge in [-0.3, -0.25) is 4.79 Å². The third-order valence-corrected chi connectivity index (χ3v) is 5.75. The van der Waals surface area contributed by atoms with Crippen molar-refractivity contribution in [1.82, 2.24) is 10.3 Å². The molecule has 9 heteroatoms. The number of para-hydroxylation sites is 2. The molecule has 1 amide bonds. The number of allylic oxidation sites excluding steroid dienone is 1. The summed E-state index contributed by atoms with van der Waals surface area (Å²) in [5.41, 5.74) is 3.08. The molecule has 0 unspecified atom stereocenters. The van der Waals surface area contributed by atoms with Crippen LogP contribution in [0, 0.1) is 0 Å². The standard InChI is InChI=1S/C24H22N4O4S/c1-4-32-24(30)20-14(2)25-17-7-5-6-8-18(17)26-21(20)28-22(29)19-13-33-23(27-19)15-9-11-16(31-3)12-10-15/h5-13,25H,4H2,1-3H3,(H,26,28,29). The summed E-state index contributed by atoms with van der Waals surface area (Å²) in [6.07, 6.45) is 0. The Labute approximate surface area is 195 Å². The Morgan fingerprint density at radius 1 is 1.12 bits per heavy atom. The number of rotatable bonds is 5. The molecule has 0 bridgehead atoms. The maximum atomic E-state index is 13.1. The molecule has 0 aliphatic carbocycles. The van der Waals surface area contributed by atoms with Crippen LogP contribution in [-0.2, 0) is 9.53 Å². The largest absolute Gasteiger partial charge is 0.497 e. The first kappa shape index (κ1) is 22.2. The summed E-state index contributed by atoms with van der Waals surface area (Å²) in [5.74, 6) is -0.208. The molecular weight excluding hydrogens is 440 g/mol. The van der Waals surface area contributed by atoms with E-state index in [4.69, 9.17) is 9.47 Å². The number of ether oxygens (including phenoxy) is 2. The van der Waals surface area contributed by atoms with Crippen LogP contribution >= 0.6 is 11.3 Å². The zero-order valence-corrected chi connectivity index (χ0v) is 19.2. The van der Waals surface area contributed by atoms with Crippen molar-refractivity contribution in [3.63, 3.8) is 0 Å². The Morgan fingerprint density at radius 2 is 1.88 bits per heavy atom. The van der Waals surface area contributed by atoms with Crippen LogP contribution in [-0.4, -0.2) is 36.4 Å². The van der Waals surface area contributed by atoms with Gasteiger partial charge in [-0.1, -0.05) is 12.1 Å². The number of carbonyl (C=O) groups excluding carboxylic acids is 2. The number of anilines is 1. The van der Waals surface area contributed by atoms with Crippen molar-refractivity contribution in [2.45, 2.75) is 13.8 Å². The number of fused-ring (bicyclic) bond motifs is 1. The van der Waals surface area contributed by atoms with Gasteiger partial charge >= 0.3 is 5.97 Å². The number of aromatic nitrogens is 1. The molecule has 4 rings (SSSR count). The SMILES string of the molecule is CCOC(=O)C1=C(C)Nc2ccccc2N=C1NC(=O)c1csc(-c2ccc(OC)cc2)n1. The Kier molecular flexibility index (Phi) is 6.50. The lowest BCUT2D eigenvalue weighted by Gasteiger charge is -2.12. The Bertz CT molecular complexity index is 1260. The number of amides is 1. The lowest BCUT2D eigenvalue weighted by molar-refractivity contribution is -0.137. The second-order valence-corrected chi connectivity index (χ2v) is 7.90. The highest BCUT2D eigenvalue weighted by Crippen LogP contribution is 2.30. The van der Waals surface area contributed by atoms with Crippen LogP contribution < -0.4 is 15.4 Å². The number of esters is 1. The topological polar surface area (TPSA) is 102 Å². The second-order valence-electron chi connectivity index (χ2n) is 7.04. The van der Waals surface area contributed by atoms with Crippen LogP contribution in [0.25, 0.3) is 10.6 Å². The molecule has 168 valence electrons. The Morgan fingerprint density at radius 3 is 2.61 bits per heavy atom. The van der Waals surface area contributed by atoms with Crippen LogP contribution in [0.1, 0.15) is 24.3 Å². The highest BCUT2D eigenvalue weighted by molar-refractivity contribution is 7.13. The molecule has 1 aliphatic heterocycles. The van der Waals surface area contributed by atoms with Crippen molar-refractivity contribution in [3.05, 3.63) is 70.9 Å². The summed E-state index contributed by atoms with van der Waals surface area (Å²) in [7, 11) is 1.60. The minimum atomic E-state index is -0.577. The van der Waals surface area contributed by atoms with Gasteiger partial charge in [0.15, 0.2) is 0 Å². The molecule has 1 aliphatic rings. The number of hydrogen-bond acceptors (Lipinski definition) is 8. The van der Waals surface area contributed by atoms with Gasteiger partial charge in [0.05, 0.1) is 25.1 Å². The lowest BCUT2D eigenvalue weighted by atomic mass is 10.2. The van der Waals surface area contributed by atoms with E-state index in [9.17, 15) is 9.59 Å². The van der Waals surface area contributed by atoms with Crippen molar-refractivity contribution in [1.29, 1.82) is 0 Å². The van der Waals surface area contributed by atoms with Crippen molar-refractivity contribution < 1.29 is 19.1 Å². The van der Waals surface area contributed by atoms with Crippen LogP contribution in [0.4, 0.5) is 11.4 Å². The fourth-order valence-electron chi connectivity index (χ4n) is 3.25. The molecular formula is C24H22N4O4S. The van der Waals surface area contributed by atoms with E-state index < -0.39 is 11.9 Å². The minimum absolute atomic E-state index is 0.104. The predicted molar refractivity (Wildman–Crippen MR) is 128 cm³/mol. The van der Waals surface area contributed by atoms with Gasteiger partial charge in [0, 0.05) is 16.6 Å². The number of thiazole rings is 1. The molecule has 1 aromatic heterocycles. The number of nitrogens with zero attached hydrogens (tertiary/aromatic N) is 2. The van der Waals surface area contributed by atoms with E-state index in [0.717, 1.165) is 17.0 Å². The maximum Gasteiger partial charge on any atom is 0.343 e. The van der Waals surface area contributed by atoms with Gasteiger partial charge in [-0.15, -0.1) is 11.3 Å². The first-order valence-electron chi connectivity index (χ1n) is 10.2. The smallest absolute Gasteiger partial charge is 0.343 e. The van der Waals surface area contributed by atoms with E-state index in [2.05, 4.69) is 20.6 Å².